The summed E-state index contributed by atoms with van der Waals surface area (Å²) in [6.45, 7) is 0.0799. The van der Waals surface area contributed by atoms with E-state index in [1.165, 1.54) is 11.3 Å². The van der Waals surface area contributed by atoms with Gasteiger partial charge in [-0.25, -0.2) is 0 Å². The third-order valence-electron chi connectivity index (χ3n) is 1.80. The highest BCUT2D eigenvalue weighted by Gasteiger charge is 2.05. The van der Waals surface area contributed by atoms with Crippen molar-refractivity contribution in [1.29, 1.82) is 0 Å². The van der Waals surface area contributed by atoms with Crippen LogP contribution in [0.1, 0.15) is 14.5 Å². The Bertz CT molecular complexity index is 442. The largest absolute Gasteiger partial charge is 0.391 e. The predicted octanol–water partition coefficient (Wildman–Crippen LogP) is 2.78. The summed E-state index contributed by atoms with van der Waals surface area (Å²) in [7, 11) is 0. The summed E-state index contributed by atoms with van der Waals surface area (Å²) in [6, 6.07) is 7.61. The van der Waals surface area contributed by atoms with E-state index in [0.29, 0.717) is 0 Å². The normalized spacial score (nSPS) is 10.4. The summed E-state index contributed by atoms with van der Waals surface area (Å²) in [6.07, 6.45) is 0.856. The van der Waals surface area contributed by atoms with Crippen LogP contribution in [0.2, 0.25) is 0 Å². The molecule has 14 heavy (non-hydrogen) atoms. The molecular weight excluding hydrogens is 216 g/mol. The highest BCUT2D eigenvalue weighted by atomic mass is 32.1. The molecule has 2 nitrogen and oxygen atoms in total. The van der Waals surface area contributed by atoms with Gasteiger partial charge in [-0.2, -0.15) is 0 Å². The average Bonchev–Trinajstić information content (AvgIpc) is 2.86. The van der Waals surface area contributed by atoms with E-state index in [0.717, 1.165) is 25.8 Å². The molecule has 0 saturated carbocycles. The van der Waals surface area contributed by atoms with Crippen LogP contribution < -0.4 is 0 Å². The number of hydrogen-bond donors (Lipinski definition) is 1. The van der Waals surface area contributed by atoms with Crippen LogP contribution in [0.15, 0.2) is 24.3 Å². The molecule has 0 aromatic carbocycles. The van der Waals surface area contributed by atoms with Gasteiger partial charge in [0.15, 0.2) is 6.29 Å². The van der Waals surface area contributed by atoms with Crippen LogP contribution in [0.25, 0.3) is 9.75 Å². The zero-order valence-electron chi connectivity index (χ0n) is 7.27. The van der Waals surface area contributed by atoms with Gasteiger partial charge >= 0.3 is 0 Å². The first-order chi connectivity index (χ1) is 6.83. The number of aliphatic hydroxyl groups excluding tert-OH is 1. The maximum atomic E-state index is 10.5. The number of rotatable bonds is 3. The molecule has 0 spiro atoms. The van der Waals surface area contributed by atoms with Gasteiger partial charge in [0.05, 0.1) is 11.5 Å². The molecule has 0 fully saturated rings. The summed E-state index contributed by atoms with van der Waals surface area (Å²) in [5.41, 5.74) is 0. The molecule has 0 unspecified atom stereocenters. The minimum absolute atomic E-state index is 0.0799. The Hall–Kier alpha value is -0.970. The number of carbonyl (C=O) groups excluding carboxylic acids is 1. The molecule has 0 saturated heterocycles. The molecule has 0 bridgehead atoms. The molecule has 0 aliphatic heterocycles. The smallest absolute Gasteiger partial charge is 0.160 e. The van der Waals surface area contributed by atoms with Crippen LogP contribution in [0, 0.1) is 0 Å². The summed E-state index contributed by atoms with van der Waals surface area (Å²) in [5.74, 6) is 0. The number of thiophene rings is 2. The summed E-state index contributed by atoms with van der Waals surface area (Å²) in [4.78, 5) is 14.4. The predicted molar refractivity (Wildman–Crippen MR) is 58.9 cm³/mol. The van der Waals surface area contributed by atoms with E-state index in [4.69, 9.17) is 5.11 Å². The maximum absolute atomic E-state index is 10.5. The van der Waals surface area contributed by atoms with Gasteiger partial charge in [-0.15, -0.1) is 22.7 Å². The Morgan fingerprint density at radius 2 is 1.86 bits per heavy atom. The fraction of sp³-hybridized carbons (Fsp3) is 0.100. The quantitative estimate of drug-likeness (QED) is 0.814. The van der Waals surface area contributed by atoms with E-state index in [1.807, 2.05) is 24.3 Å². The van der Waals surface area contributed by atoms with Crippen molar-refractivity contribution in [3.63, 3.8) is 0 Å². The van der Waals surface area contributed by atoms with E-state index in [9.17, 15) is 4.79 Å². The molecule has 0 atom stereocenters. The van der Waals surface area contributed by atoms with Crippen LogP contribution >= 0.6 is 22.7 Å². The Labute approximate surface area is 89.5 Å². The highest BCUT2D eigenvalue weighted by molar-refractivity contribution is 7.22. The lowest BCUT2D eigenvalue weighted by molar-refractivity contribution is 0.112. The van der Waals surface area contributed by atoms with Crippen molar-refractivity contribution < 1.29 is 9.90 Å². The standard InChI is InChI=1S/C10H8O2S2/c11-5-7-1-3-9(13-7)10-4-2-8(6-12)14-10/h1-5,12H,6H2. The monoisotopic (exact) mass is 224 g/mol. The van der Waals surface area contributed by atoms with Crippen LogP contribution in [0.4, 0.5) is 0 Å². The van der Waals surface area contributed by atoms with Gasteiger partial charge < -0.3 is 5.11 Å². The molecular formula is C10H8O2S2. The molecule has 0 aliphatic carbocycles. The number of aldehydes is 1. The van der Waals surface area contributed by atoms with Crippen LogP contribution in [0.5, 0.6) is 0 Å². The lowest BCUT2D eigenvalue weighted by atomic mass is 10.3. The number of aliphatic hydroxyl groups is 1. The molecule has 2 heterocycles. The molecule has 0 aliphatic rings. The van der Waals surface area contributed by atoms with Gasteiger partial charge in [0, 0.05) is 14.6 Å². The van der Waals surface area contributed by atoms with Gasteiger partial charge in [0.2, 0.25) is 0 Å². The van der Waals surface area contributed by atoms with Gasteiger partial charge in [0.1, 0.15) is 0 Å². The van der Waals surface area contributed by atoms with Gasteiger partial charge in [-0.3, -0.25) is 4.79 Å². The first kappa shape index (κ1) is 9.58. The molecule has 2 aromatic rings. The second-order valence-corrected chi connectivity index (χ2v) is 5.03. The molecule has 72 valence electrons. The van der Waals surface area contributed by atoms with Gasteiger partial charge in [0.25, 0.3) is 0 Å². The molecule has 2 aromatic heterocycles. The maximum Gasteiger partial charge on any atom is 0.160 e. The van der Waals surface area contributed by atoms with Crippen molar-refractivity contribution in [2.45, 2.75) is 6.61 Å². The fourth-order valence-electron chi connectivity index (χ4n) is 1.14. The minimum Gasteiger partial charge on any atom is -0.391 e. The second-order valence-electron chi connectivity index (χ2n) is 2.74. The number of hydrogen-bond acceptors (Lipinski definition) is 4. The topological polar surface area (TPSA) is 37.3 Å². The van der Waals surface area contributed by atoms with E-state index in [1.54, 1.807) is 11.3 Å². The van der Waals surface area contributed by atoms with Gasteiger partial charge in [-0.05, 0) is 24.3 Å². The lowest BCUT2D eigenvalue weighted by Crippen LogP contribution is -1.69. The van der Waals surface area contributed by atoms with E-state index in [2.05, 4.69) is 0 Å². The van der Waals surface area contributed by atoms with E-state index in [-0.39, 0.29) is 6.61 Å². The zero-order chi connectivity index (χ0) is 9.97. The third-order valence-corrected chi connectivity index (χ3v) is 4.08. The van der Waals surface area contributed by atoms with Crippen LogP contribution in [-0.4, -0.2) is 11.4 Å². The third kappa shape index (κ3) is 1.77. The van der Waals surface area contributed by atoms with E-state index < -0.39 is 0 Å². The molecule has 1 N–H and O–H groups in total. The Kier molecular flexibility index (Phi) is 2.77. The van der Waals surface area contributed by atoms with E-state index >= 15 is 0 Å². The Morgan fingerprint density at radius 3 is 2.43 bits per heavy atom. The molecule has 2 rings (SSSR count). The first-order valence-electron chi connectivity index (χ1n) is 4.08. The van der Waals surface area contributed by atoms with Crippen molar-refractivity contribution in [3.8, 4) is 9.75 Å². The van der Waals surface area contributed by atoms with Crippen molar-refractivity contribution in [3.05, 3.63) is 34.0 Å². The molecule has 0 radical (unpaired) electrons. The molecule has 0 amide bonds. The van der Waals surface area contributed by atoms with Crippen molar-refractivity contribution in [2.24, 2.45) is 0 Å². The second kappa shape index (κ2) is 4.04. The van der Waals surface area contributed by atoms with Crippen molar-refractivity contribution in [2.75, 3.05) is 0 Å². The summed E-state index contributed by atoms with van der Waals surface area (Å²) in [5, 5.41) is 8.91. The summed E-state index contributed by atoms with van der Waals surface area (Å²) >= 11 is 3.02. The minimum atomic E-state index is 0.0799. The zero-order valence-corrected chi connectivity index (χ0v) is 8.90. The SMILES string of the molecule is O=Cc1ccc(-c2ccc(CO)s2)s1. The van der Waals surface area contributed by atoms with Gasteiger partial charge in [-0.1, -0.05) is 0 Å². The Balaban J connectivity index is 2.33. The Morgan fingerprint density at radius 1 is 1.14 bits per heavy atom. The van der Waals surface area contributed by atoms with Crippen LogP contribution in [-0.2, 0) is 6.61 Å². The molecule has 4 heteroatoms. The van der Waals surface area contributed by atoms with Crippen LogP contribution in [0.3, 0.4) is 0 Å². The lowest BCUT2D eigenvalue weighted by Gasteiger charge is -1.88. The number of carbonyl (C=O) groups is 1. The summed E-state index contributed by atoms with van der Waals surface area (Å²) < 4.78 is 0. The fourth-order valence-corrected chi connectivity index (χ4v) is 2.92. The van der Waals surface area contributed by atoms with Crippen molar-refractivity contribution in [1.82, 2.24) is 0 Å². The van der Waals surface area contributed by atoms with Crippen molar-refractivity contribution >= 4 is 29.0 Å². The first-order valence-corrected chi connectivity index (χ1v) is 5.72. The average molecular weight is 224 g/mol. The highest BCUT2D eigenvalue weighted by Crippen LogP contribution is 2.32.